The van der Waals surface area contributed by atoms with E-state index in [1.54, 1.807) is 0 Å². The molecule has 0 radical (unpaired) electrons. The monoisotopic (exact) mass is 169 g/mol. The van der Waals surface area contributed by atoms with E-state index in [-0.39, 0.29) is 0 Å². The minimum absolute atomic E-state index is 0.358. The highest BCUT2D eigenvalue weighted by molar-refractivity contribution is 7.81. The molecule has 0 heterocycles. The van der Waals surface area contributed by atoms with Gasteiger partial charge in [-0.3, -0.25) is 0 Å². The maximum Gasteiger partial charge on any atom is 0.0278 e. The van der Waals surface area contributed by atoms with Crippen LogP contribution in [0.25, 0.3) is 0 Å². The van der Waals surface area contributed by atoms with Crippen molar-refractivity contribution in [1.82, 2.24) is 0 Å². The fraction of sp³-hybridized carbons (Fsp3) is 0.556. The van der Waals surface area contributed by atoms with Crippen molar-refractivity contribution in [2.24, 2.45) is 11.7 Å². The third kappa shape index (κ3) is 2.03. The summed E-state index contributed by atoms with van der Waals surface area (Å²) in [5.74, 6) is 0.358. The summed E-state index contributed by atoms with van der Waals surface area (Å²) in [7, 11) is 0. The molecule has 0 amide bonds. The van der Waals surface area contributed by atoms with Crippen LogP contribution < -0.4 is 5.73 Å². The van der Waals surface area contributed by atoms with Gasteiger partial charge in [-0.25, -0.2) is 0 Å². The van der Waals surface area contributed by atoms with Crippen molar-refractivity contribution < 1.29 is 0 Å². The summed E-state index contributed by atoms with van der Waals surface area (Å²) >= 11 is 4.48. The molecular formula is C9H15NS. The predicted octanol–water partition coefficient (Wildman–Crippen LogP) is 2.11. The van der Waals surface area contributed by atoms with Gasteiger partial charge in [0, 0.05) is 16.9 Å². The van der Waals surface area contributed by atoms with Crippen LogP contribution in [-0.4, -0.2) is 5.25 Å². The second-order valence-corrected chi connectivity index (χ2v) is 3.56. The molecule has 2 unspecified atom stereocenters. The lowest BCUT2D eigenvalue weighted by Crippen LogP contribution is -2.23. The fourth-order valence-electron chi connectivity index (χ4n) is 1.41. The van der Waals surface area contributed by atoms with E-state index in [1.165, 1.54) is 0 Å². The van der Waals surface area contributed by atoms with Crippen molar-refractivity contribution in [1.29, 1.82) is 0 Å². The van der Waals surface area contributed by atoms with Crippen LogP contribution in [0.15, 0.2) is 23.9 Å². The van der Waals surface area contributed by atoms with E-state index >= 15 is 0 Å². The quantitative estimate of drug-likeness (QED) is 0.456. The lowest BCUT2D eigenvalue weighted by molar-refractivity contribution is 0.612. The molecule has 1 aliphatic carbocycles. The molecule has 0 aromatic rings. The van der Waals surface area contributed by atoms with Gasteiger partial charge in [0.25, 0.3) is 0 Å². The Morgan fingerprint density at radius 3 is 3.00 bits per heavy atom. The normalized spacial score (nSPS) is 32.4. The largest absolute Gasteiger partial charge is 0.402 e. The third-order valence-corrected chi connectivity index (χ3v) is 2.62. The molecular weight excluding hydrogens is 154 g/mol. The molecule has 1 nitrogen and oxygen atoms in total. The first-order valence-corrected chi connectivity index (χ1v) is 4.53. The fourth-order valence-corrected chi connectivity index (χ4v) is 1.83. The van der Waals surface area contributed by atoms with Crippen molar-refractivity contribution in [2.75, 3.05) is 0 Å². The van der Waals surface area contributed by atoms with Gasteiger partial charge in [0.2, 0.25) is 0 Å². The van der Waals surface area contributed by atoms with Crippen LogP contribution >= 0.6 is 12.6 Å². The molecule has 11 heavy (non-hydrogen) atoms. The predicted molar refractivity (Wildman–Crippen MR) is 52.6 cm³/mol. The number of allylic oxidation sites excluding steroid dienone is 3. The number of rotatable bonds is 1. The molecule has 1 rings (SSSR count). The van der Waals surface area contributed by atoms with Gasteiger partial charge >= 0.3 is 0 Å². The molecule has 0 aromatic heterocycles. The standard InChI is InChI=1S/C9H15NS/c1-2-4-7-8(10)5-3-6-9(7)11/h2,4-5,7,9,11H,3,6,10H2,1H3/b4-2+. The van der Waals surface area contributed by atoms with Gasteiger partial charge in [0.05, 0.1) is 0 Å². The Balaban J connectivity index is 2.71. The number of hydrogen-bond donors (Lipinski definition) is 2. The zero-order valence-electron chi connectivity index (χ0n) is 6.83. The van der Waals surface area contributed by atoms with Crippen molar-refractivity contribution >= 4 is 12.6 Å². The molecule has 2 heteroatoms. The van der Waals surface area contributed by atoms with E-state index in [2.05, 4.69) is 24.8 Å². The van der Waals surface area contributed by atoms with Crippen molar-refractivity contribution in [3.8, 4) is 0 Å². The topological polar surface area (TPSA) is 26.0 Å². The Hall–Kier alpha value is -0.370. The van der Waals surface area contributed by atoms with E-state index in [0.717, 1.165) is 18.5 Å². The Labute approximate surface area is 73.8 Å². The molecule has 0 aliphatic heterocycles. The molecule has 0 fully saturated rings. The Bertz CT molecular complexity index is 184. The van der Waals surface area contributed by atoms with Crippen LogP contribution in [0.4, 0.5) is 0 Å². The molecule has 0 saturated carbocycles. The third-order valence-electron chi connectivity index (χ3n) is 2.04. The number of nitrogens with two attached hydrogens (primary N) is 1. The minimum atomic E-state index is 0.358. The van der Waals surface area contributed by atoms with E-state index in [9.17, 15) is 0 Å². The first kappa shape index (κ1) is 8.72. The molecule has 2 atom stereocenters. The SMILES string of the molecule is C/C=C/C1C(N)=CCCC1S. The highest BCUT2D eigenvalue weighted by Crippen LogP contribution is 2.27. The highest BCUT2D eigenvalue weighted by atomic mass is 32.1. The van der Waals surface area contributed by atoms with Gasteiger partial charge in [-0.05, 0) is 19.8 Å². The van der Waals surface area contributed by atoms with E-state index in [0.29, 0.717) is 11.2 Å². The summed E-state index contributed by atoms with van der Waals surface area (Å²) in [4.78, 5) is 0. The maximum atomic E-state index is 5.82. The average molecular weight is 169 g/mol. The van der Waals surface area contributed by atoms with E-state index < -0.39 is 0 Å². The van der Waals surface area contributed by atoms with Crippen LogP contribution in [0.3, 0.4) is 0 Å². The lowest BCUT2D eigenvalue weighted by atomic mass is 9.92. The summed E-state index contributed by atoms with van der Waals surface area (Å²) in [5.41, 5.74) is 6.80. The van der Waals surface area contributed by atoms with Gasteiger partial charge < -0.3 is 5.73 Å². The van der Waals surface area contributed by atoms with Crippen LogP contribution in [-0.2, 0) is 0 Å². The number of thiol groups is 1. The van der Waals surface area contributed by atoms with Crippen molar-refractivity contribution in [2.45, 2.75) is 25.0 Å². The zero-order valence-corrected chi connectivity index (χ0v) is 7.72. The molecule has 1 aliphatic rings. The zero-order chi connectivity index (χ0) is 8.27. The van der Waals surface area contributed by atoms with Crippen LogP contribution in [0.2, 0.25) is 0 Å². The molecule has 62 valence electrons. The molecule has 0 aromatic carbocycles. The number of hydrogen-bond acceptors (Lipinski definition) is 2. The average Bonchev–Trinajstić information content (AvgIpc) is 1.97. The summed E-state index contributed by atoms with van der Waals surface area (Å²) in [6.07, 6.45) is 8.49. The summed E-state index contributed by atoms with van der Waals surface area (Å²) in [6.45, 7) is 2.02. The maximum absolute atomic E-state index is 5.82. The first-order valence-electron chi connectivity index (χ1n) is 4.02. The summed E-state index contributed by atoms with van der Waals surface area (Å²) in [5, 5.41) is 0.413. The molecule has 0 spiro atoms. The first-order chi connectivity index (χ1) is 5.25. The van der Waals surface area contributed by atoms with Gasteiger partial charge in [-0.2, -0.15) is 12.6 Å². The summed E-state index contributed by atoms with van der Waals surface area (Å²) < 4.78 is 0. The van der Waals surface area contributed by atoms with Gasteiger partial charge in [0.1, 0.15) is 0 Å². The Morgan fingerprint density at radius 2 is 2.45 bits per heavy atom. The molecule has 0 saturated heterocycles. The lowest BCUT2D eigenvalue weighted by Gasteiger charge is -2.24. The van der Waals surface area contributed by atoms with E-state index in [4.69, 9.17) is 5.73 Å². The van der Waals surface area contributed by atoms with Gasteiger partial charge in [-0.1, -0.05) is 18.2 Å². The Kier molecular flexibility index (Phi) is 3.06. The van der Waals surface area contributed by atoms with Crippen LogP contribution in [0.1, 0.15) is 19.8 Å². The highest BCUT2D eigenvalue weighted by Gasteiger charge is 2.20. The minimum Gasteiger partial charge on any atom is -0.402 e. The Morgan fingerprint density at radius 1 is 1.73 bits per heavy atom. The smallest absolute Gasteiger partial charge is 0.0278 e. The van der Waals surface area contributed by atoms with Gasteiger partial charge in [-0.15, -0.1) is 0 Å². The van der Waals surface area contributed by atoms with Crippen LogP contribution in [0.5, 0.6) is 0 Å². The van der Waals surface area contributed by atoms with Crippen LogP contribution in [0, 0.1) is 5.92 Å². The van der Waals surface area contributed by atoms with Crippen molar-refractivity contribution in [3.63, 3.8) is 0 Å². The second-order valence-electron chi connectivity index (χ2n) is 2.90. The molecule has 2 N–H and O–H groups in total. The summed E-state index contributed by atoms with van der Waals surface area (Å²) in [6, 6.07) is 0. The van der Waals surface area contributed by atoms with E-state index in [1.807, 2.05) is 13.0 Å². The second kappa shape index (κ2) is 3.86. The molecule has 0 bridgehead atoms. The van der Waals surface area contributed by atoms with Crippen molar-refractivity contribution in [3.05, 3.63) is 23.9 Å². The van der Waals surface area contributed by atoms with Gasteiger partial charge in [0.15, 0.2) is 0 Å².